The summed E-state index contributed by atoms with van der Waals surface area (Å²) in [6.07, 6.45) is 4.13. The van der Waals surface area contributed by atoms with Gasteiger partial charge in [-0.3, -0.25) is 4.79 Å². The zero-order valence-corrected chi connectivity index (χ0v) is 11.3. The fourth-order valence-corrected chi connectivity index (χ4v) is 5.00. The first-order valence-corrected chi connectivity index (χ1v) is 7.52. The third-order valence-electron chi connectivity index (χ3n) is 6.34. The van der Waals surface area contributed by atoms with Crippen molar-refractivity contribution in [3.63, 3.8) is 0 Å². The van der Waals surface area contributed by atoms with E-state index >= 15 is 0 Å². The molecular weight excluding hydrogens is 226 g/mol. The highest BCUT2D eigenvalue weighted by Crippen LogP contribution is 2.69. The van der Waals surface area contributed by atoms with Crippen LogP contribution in [0.25, 0.3) is 0 Å². The number of hydrogen-bond acceptors (Lipinski definition) is 2. The van der Waals surface area contributed by atoms with Gasteiger partial charge in [0.05, 0.1) is 13.1 Å². The molecule has 1 amide bonds. The van der Waals surface area contributed by atoms with E-state index in [1.807, 2.05) is 18.7 Å². The first kappa shape index (κ1) is 11.3. The Bertz CT molecular complexity index is 383. The predicted molar refractivity (Wildman–Crippen MR) is 67.7 cm³/mol. The Labute approximate surface area is 109 Å². The molecule has 1 saturated heterocycles. The molecule has 1 heterocycles. The van der Waals surface area contributed by atoms with E-state index in [1.54, 1.807) is 0 Å². The van der Waals surface area contributed by atoms with Crippen LogP contribution in [0.3, 0.4) is 0 Å². The standard InChI is InChI=1S/C15H23NO2/c1-8(2)15(18)6-16(7-15)14(17)13-11-9-3-4-10(5-9)12(11)13/h8-13,18H,3-7H2,1-2H3. The number of β-amino-alcohol motifs (C(OH)–C–C–N with tert-alkyl or cyclic N) is 1. The van der Waals surface area contributed by atoms with Crippen LogP contribution in [0.15, 0.2) is 0 Å². The SMILES string of the molecule is CC(C)C1(O)CN(C(=O)C2C3C4CCC(C4)C23)C1. The van der Waals surface area contributed by atoms with E-state index < -0.39 is 5.60 Å². The zero-order valence-electron chi connectivity index (χ0n) is 11.3. The van der Waals surface area contributed by atoms with E-state index in [0.717, 1.165) is 23.7 Å². The lowest BCUT2D eigenvalue weighted by Crippen LogP contribution is -2.66. The Balaban J connectivity index is 1.40. The van der Waals surface area contributed by atoms with Gasteiger partial charge in [0.15, 0.2) is 0 Å². The van der Waals surface area contributed by atoms with Crippen LogP contribution in [0.4, 0.5) is 0 Å². The molecule has 0 spiro atoms. The maximum absolute atomic E-state index is 12.4. The van der Waals surface area contributed by atoms with Crippen LogP contribution in [-0.4, -0.2) is 34.6 Å². The largest absolute Gasteiger partial charge is 0.386 e. The average Bonchev–Trinajstić information content (AvgIpc) is 2.72. The molecule has 18 heavy (non-hydrogen) atoms. The molecule has 1 aliphatic heterocycles. The second-order valence-electron chi connectivity index (χ2n) is 7.47. The topological polar surface area (TPSA) is 40.5 Å². The van der Waals surface area contributed by atoms with Gasteiger partial charge in [-0.1, -0.05) is 13.8 Å². The molecule has 4 atom stereocenters. The van der Waals surface area contributed by atoms with E-state index in [-0.39, 0.29) is 5.92 Å². The number of carbonyl (C=O) groups excluding carboxylic acids is 1. The van der Waals surface area contributed by atoms with Gasteiger partial charge in [0.1, 0.15) is 5.60 Å². The van der Waals surface area contributed by atoms with E-state index in [2.05, 4.69) is 0 Å². The molecule has 3 heteroatoms. The smallest absolute Gasteiger partial charge is 0.226 e. The van der Waals surface area contributed by atoms with Crippen LogP contribution < -0.4 is 0 Å². The summed E-state index contributed by atoms with van der Waals surface area (Å²) < 4.78 is 0. The van der Waals surface area contributed by atoms with E-state index in [9.17, 15) is 9.90 Å². The summed E-state index contributed by atoms with van der Waals surface area (Å²) in [4.78, 5) is 14.4. The quantitative estimate of drug-likeness (QED) is 0.806. The number of likely N-dealkylation sites (tertiary alicyclic amines) is 1. The highest BCUT2D eigenvalue weighted by atomic mass is 16.3. The second-order valence-corrected chi connectivity index (χ2v) is 7.47. The molecule has 3 aliphatic carbocycles. The molecule has 1 N–H and O–H groups in total. The molecule has 4 fully saturated rings. The Kier molecular flexibility index (Phi) is 2.07. The Morgan fingerprint density at radius 3 is 2.28 bits per heavy atom. The minimum atomic E-state index is -0.612. The first-order chi connectivity index (χ1) is 8.51. The number of hydrogen-bond donors (Lipinski definition) is 1. The highest BCUT2D eigenvalue weighted by Gasteiger charge is 2.68. The van der Waals surface area contributed by atoms with Gasteiger partial charge in [0.2, 0.25) is 5.91 Å². The molecule has 0 aromatic heterocycles. The first-order valence-electron chi connectivity index (χ1n) is 7.52. The zero-order chi connectivity index (χ0) is 12.7. The highest BCUT2D eigenvalue weighted by molar-refractivity contribution is 5.84. The van der Waals surface area contributed by atoms with Crippen molar-refractivity contribution in [1.29, 1.82) is 0 Å². The van der Waals surface area contributed by atoms with E-state index in [1.165, 1.54) is 19.3 Å². The van der Waals surface area contributed by atoms with Gasteiger partial charge in [-0.25, -0.2) is 0 Å². The number of nitrogens with zero attached hydrogens (tertiary/aromatic N) is 1. The minimum absolute atomic E-state index is 0.247. The van der Waals surface area contributed by atoms with Crippen LogP contribution in [0, 0.1) is 35.5 Å². The molecule has 2 bridgehead atoms. The van der Waals surface area contributed by atoms with Crippen LogP contribution in [-0.2, 0) is 4.79 Å². The Morgan fingerprint density at radius 2 is 1.78 bits per heavy atom. The normalized spacial score (nSPS) is 47.1. The molecule has 4 unspecified atom stereocenters. The molecular formula is C15H23NO2. The van der Waals surface area contributed by atoms with Gasteiger partial charge < -0.3 is 10.0 Å². The second kappa shape index (κ2) is 3.30. The third kappa shape index (κ3) is 1.26. The molecule has 0 aromatic carbocycles. The van der Waals surface area contributed by atoms with Crippen LogP contribution in [0.1, 0.15) is 33.1 Å². The summed E-state index contributed by atoms with van der Waals surface area (Å²) in [6, 6.07) is 0. The molecule has 4 aliphatic rings. The lowest BCUT2D eigenvalue weighted by atomic mass is 9.82. The van der Waals surface area contributed by atoms with Crippen molar-refractivity contribution in [1.82, 2.24) is 4.90 Å². The van der Waals surface area contributed by atoms with Crippen molar-refractivity contribution in [3.8, 4) is 0 Å². The maximum Gasteiger partial charge on any atom is 0.226 e. The van der Waals surface area contributed by atoms with E-state index in [0.29, 0.717) is 24.9 Å². The summed E-state index contributed by atoms with van der Waals surface area (Å²) in [5, 5.41) is 10.2. The molecule has 0 radical (unpaired) electrons. The molecule has 100 valence electrons. The maximum atomic E-state index is 12.4. The number of rotatable bonds is 2. The van der Waals surface area contributed by atoms with Crippen molar-refractivity contribution >= 4 is 5.91 Å². The molecule has 3 nitrogen and oxygen atoms in total. The minimum Gasteiger partial charge on any atom is -0.386 e. The Hall–Kier alpha value is -0.570. The number of aliphatic hydroxyl groups is 1. The summed E-state index contributed by atoms with van der Waals surface area (Å²) in [6.45, 7) is 5.20. The van der Waals surface area contributed by atoms with Gasteiger partial charge in [0, 0.05) is 5.92 Å². The van der Waals surface area contributed by atoms with E-state index in [4.69, 9.17) is 0 Å². The van der Waals surface area contributed by atoms with Crippen molar-refractivity contribution in [2.24, 2.45) is 35.5 Å². The Morgan fingerprint density at radius 1 is 1.22 bits per heavy atom. The van der Waals surface area contributed by atoms with Crippen LogP contribution >= 0.6 is 0 Å². The summed E-state index contributed by atoms with van der Waals surface area (Å²) in [5.41, 5.74) is -0.612. The van der Waals surface area contributed by atoms with Crippen molar-refractivity contribution in [3.05, 3.63) is 0 Å². The summed E-state index contributed by atoms with van der Waals surface area (Å²) in [7, 11) is 0. The lowest BCUT2D eigenvalue weighted by molar-refractivity contribution is -0.166. The lowest BCUT2D eigenvalue weighted by Gasteiger charge is -2.49. The fraction of sp³-hybridized carbons (Fsp3) is 0.933. The third-order valence-corrected chi connectivity index (χ3v) is 6.34. The molecule has 0 aromatic rings. The fourth-order valence-electron chi connectivity index (χ4n) is 5.00. The predicted octanol–water partition coefficient (Wildman–Crippen LogP) is 1.51. The average molecular weight is 249 g/mol. The van der Waals surface area contributed by atoms with Crippen molar-refractivity contribution < 1.29 is 9.90 Å². The van der Waals surface area contributed by atoms with Gasteiger partial charge in [-0.2, -0.15) is 0 Å². The molecule has 3 saturated carbocycles. The summed E-state index contributed by atoms with van der Waals surface area (Å²) >= 11 is 0. The van der Waals surface area contributed by atoms with Crippen LogP contribution in [0.2, 0.25) is 0 Å². The van der Waals surface area contributed by atoms with Gasteiger partial charge in [-0.15, -0.1) is 0 Å². The number of amides is 1. The monoisotopic (exact) mass is 249 g/mol. The van der Waals surface area contributed by atoms with Crippen molar-refractivity contribution in [2.45, 2.75) is 38.7 Å². The van der Waals surface area contributed by atoms with Gasteiger partial charge in [0.25, 0.3) is 0 Å². The summed E-state index contributed by atoms with van der Waals surface area (Å²) in [5.74, 6) is 4.11. The van der Waals surface area contributed by atoms with Gasteiger partial charge >= 0.3 is 0 Å². The van der Waals surface area contributed by atoms with Crippen LogP contribution in [0.5, 0.6) is 0 Å². The van der Waals surface area contributed by atoms with Gasteiger partial charge in [-0.05, 0) is 48.9 Å². The van der Waals surface area contributed by atoms with Crippen molar-refractivity contribution in [2.75, 3.05) is 13.1 Å². The molecule has 4 rings (SSSR count). The number of carbonyl (C=O) groups is 1. The number of fused-ring (bicyclic) bond motifs is 5.